The maximum atomic E-state index is 3.84. The van der Waals surface area contributed by atoms with E-state index in [0.29, 0.717) is 10.2 Å². The van der Waals surface area contributed by atoms with E-state index in [0.717, 1.165) is 5.92 Å². The van der Waals surface area contributed by atoms with E-state index < -0.39 is 0 Å². The van der Waals surface area contributed by atoms with Crippen molar-refractivity contribution in [1.29, 1.82) is 0 Å². The number of halogens is 2. The van der Waals surface area contributed by atoms with E-state index in [1.807, 2.05) is 11.3 Å². The molecule has 0 fully saturated rings. The first-order valence-corrected chi connectivity index (χ1v) is 8.61. The monoisotopic (exact) mass is 380 g/mol. The molecule has 0 saturated carbocycles. The molecule has 17 heavy (non-hydrogen) atoms. The maximum absolute atomic E-state index is 3.84. The molecule has 3 heteroatoms. The lowest BCUT2D eigenvalue weighted by atomic mass is 9.83. The Morgan fingerprint density at radius 2 is 1.94 bits per heavy atom. The minimum Gasteiger partial charge on any atom is -0.143 e. The van der Waals surface area contributed by atoms with Crippen molar-refractivity contribution < 1.29 is 0 Å². The zero-order valence-corrected chi connectivity index (χ0v) is 15.3. The summed E-state index contributed by atoms with van der Waals surface area (Å²) in [4.78, 5) is 3.29. The molecule has 0 aliphatic carbocycles. The Kier molecular flexibility index (Phi) is 5.74. The van der Waals surface area contributed by atoms with Gasteiger partial charge in [-0.05, 0) is 53.1 Å². The van der Waals surface area contributed by atoms with E-state index >= 15 is 0 Å². The minimum atomic E-state index is 0.425. The largest absolute Gasteiger partial charge is 0.143 e. The molecule has 0 spiro atoms. The van der Waals surface area contributed by atoms with Crippen LogP contribution >= 0.6 is 43.2 Å². The predicted octanol–water partition coefficient (Wildman–Crippen LogP) is 6.72. The van der Waals surface area contributed by atoms with Crippen molar-refractivity contribution in [3.63, 3.8) is 0 Å². The average molecular weight is 382 g/mol. The highest BCUT2D eigenvalue weighted by atomic mass is 79.9. The van der Waals surface area contributed by atoms with Crippen LogP contribution < -0.4 is 0 Å². The summed E-state index contributed by atoms with van der Waals surface area (Å²) >= 11 is 9.38. The molecule has 0 aliphatic heterocycles. The smallest absolute Gasteiger partial charge is 0.0503 e. The van der Waals surface area contributed by atoms with Crippen molar-refractivity contribution in [3.05, 3.63) is 20.3 Å². The summed E-state index contributed by atoms with van der Waals surface area (Å²) in [7, 11) is 0. The number of aryl methyl sites for hydroxylation is 1. The van der Waals surface area contributed by atoms with Gasteiger partial charge in [0, 0.05) is 14.2 Å². The van der Waals surface area contributed by atoms with E-state index in [1.165, 1.54) is 27.1 Å². The molecule has 2 atom stereocenters. The van der Waals surface area contributed by atoms with Crippen molar-refractivity contribution >= 4 is 43.2 Å². The van der Waals surface area contributed by atoms with E-state index in [4.69, 9.17) is 0 Å². The lowest BCUT2D eigenvalue weighted by Crippen LogP contribution is -2.12. The van der Waals surface area contributed by atoms with Crippen LogP contribution in [0.15, 0.2) is 10.5 Å². The first-order chi connectivity index (χ1) is 7.69. The third kappa shape index (κ3) is 5.44. The molecule has 1 rings (SSSR count). The number of thiophene rings is 1. The van der Waals surface area contributed by atoms with Crippen molar-refractivity contribution in [3.8, 4) is 0 Å². The lowest BCUT2D eigenvalue weighted by Gasteiger charge is -2.24. The normalized spacial score (nSPS) is 15.9. The van der Waals surface area contributed by atoms with Crippen LogP contribution in [0.25, 0.3) is 0 Å². The third-order valence-electron chi connectivity index (χ3n) is 2.69. The Hall–Kier alpha value is 0.660. The van der Waals surface area contributed by atoms with Gasteiger partial charge in [-0.1, -0.05) is 43.6 Å². The Morgan fingerprint density at radius 3 is 2.35 bits per heavy atom. The molecule has 0 radical (unpaired) electrons. The Bertz CT molecular complexity index is 363. The van der Waals surface area contributed by atoms with E-state index in [9.17, 15) is 0 Å². The summed E-state index contributed by atoms with van der Waals surface area (Å²) in [5.41, 5.74) is 0.425. The summed E-state index contributed by atoms with van der Waals surface area (Å²) in [6, 6.07) is 2.21. The third-order valence-corrected chi connectivity index (χ3v) is 5.91. The van der Waals surface area contributed by atoms with Crippen molar-refractivity contribution in [1.82, 2.24) is 0 Å². The molecule has 1 aromatic heterocycles. The lowest BCUT2D eigenvalue weighted by molar-refractivity contribution is 0.297. The van der Waals surface area contributed by atoms with Crippen LogP contribution in [0.4, 0.5) is 0 Å². The Morgan fingerprint density at radius 1 is 1.35 bits per heavy atom. The van der Waals surface area contributed by atoms with Crippen molar-refractivity contribution in [2.24, 2.45) is 11.3 Å². The van der Waals surface area contributed by atoms with Crippen LogP contribution in [0.2, 0.25) is 0 Å². The Balaban J connectivity index is 2.60. The standard InChI is InChI=1S/C14H22Br2S/c1-9(8-14(3,4)5)6-11(15)13-12(16)7-10(2)17-13/h7,9,11H,6,8H2,1-5H3. The molecule has 0 saturated heterocycles. The van der Waals surface area contributed by atoms with Crippen LogP contribution in [0.3, 0.4) is 0 Å². The van der Waals surface area contributed by atoms with Crippen LogP contribution in [-0.4, -0.2) is 0 Å². The molecule has 0 aliphatic rings. The van der Waals surface area contributed by atoms with Gasteiger partial charge in [0.15, 0.2) is 0 Å². The van der Waals surface area contributed by atoms with Crippen molar-refractivity contribution in [2.75, 3.05) is 0 Å². The average Bonchev–Trinajstić information content (AvgIpc) is 2.41. The quantitative estimate of drug-likeness (QED) is 0.508. The summed E-state index contributed by atoms with van der Waals surface area (Å²) in [6.07, 6.45) is 2.48. The van der Waals surface area contributed by atoms with Gasteiger partial charge in [-0.25, -0.2) is 0 Å². The second-order valence-electron chi connectivity index (χ2n) is 6.14. The van der Waals surface area contributed by atoms with Crippen LogP contribution in [0.1, 0.15) is 55.1 Å². The second-order valence-corrected chi connectivity index (χ2v) is 9.39. The summed E-state index contributed by atoms with van der Waals surface area (Å²) in [5.74, 6) is 0.744. The number of hydrogen-bond donors (Lipinski definition) is 0. The molecule has 98 valence electrons. The van der Waals surface area contributed by atoms with Gasteiger partial charge >= 0.3 is 0 Å². The highest BCUT2D eigenvalue weighted by Gasteiger charge is 2.21. The van der Waals surface area contributed by atoms with Gasteiger partial charge in [-0.3, -0.25) is 0 Å². The fourth-order valence-electron chi connectivity index (χ4n) is 2.30. The topological polar surface area (TPSA) is 0 Å². The molecule has 2 unspecified atom stereocenters. The van der Waals surface area contributed by atoms with Gasteiger partial charge in [-0.15, -0.1) is 11.3 Å². The van der Waals surface area contributed by atoms with Gasteiger partial charge in [0.25, 0.3) is 0 Å². The SMILES string of the molecule is Cc1cc(Br)c(C(Br)CC(C)CC(C)(C)C)s1. The minimum absolute atomic E-state index is 0.425. The van der Waals surface area contributed by atoms with Crippen LogP contribution in [-0.2, 0) is 0 Å². The molecular formula is C14H22Br2S. The van der Waals surface area contributed by atoms with E-state index in [1.54, 1.807) is 0 Å². The summed E-state index contributed by atoms with van der Waals surface area (Å²) in [6.45, 7) is 11.5. The molecule has 0 nitrogen and oxygen atoms in total. The molecule has 1 heterocycles. The van der Waals surface area contributed by atoms with Crippen LogP contribution in [0, 0.1) is 18.3 Å². The molecule has 0 bridgehead atoms. The summed E-state index contributed by atoms with van der Waals surface area (Å²) < 4.78 is 1.25. The molecule has 1 aromatic rings. The van der Waals surface area contributed by atoms with Gasteiger partial charge in [0.1, 0.15) is 0 Å². The number of alkyl halides is 1. The molecule has 0 amide bonds. The summed E-state index contributed by atoms with van der Waals surface area (Å²) in [5, 5.41) is 0. The zero-order valence-electron chi connectivity index (χ0n) is 11.3. The highest BCUT2D eigenvalue weighted by molar-refractivity contribution is 9.11. The maximum Gasteiger partial charge on any atom is 0.0503 e. The fourth-order valence-corrected chi connectivity index (χ4v) is 5.69. The first-order valence-electron chi connectivity index (χ1n) is 6.09. The number of hydrogen-bond acceptors (Lipinski definition) is 1. The van der Waals surface area contributed by atoms with Gasteiger partial charge in [0.05, 0.1) is 4.83 Å². The van der Waals surface area contributed by atoms with E-state index in [-0.39, 0.29) is 0 Å². The van der Waals surface area contributed by atoms with Gasteiger partial charge in [-0.2, -0.15) is 0 Å². The number of rotatable bonds is 4. The first kappa shape index (κ1) is 15.7. The highest BCUT2D eigenvalue weighted by Crippen LogP contribution is 2.41. The van der Waals surface area contributed by atoms with Gasteiger partial charge in [0.2, 0.25) is 0 Å². The zero-order chi connectivity index (χ0) is 13.2. The Labute approximate surface area is 126 Å². The van der Waals surface area contributed by atoms with Gasteiger partial charge < -0.3 is 0 Å². The molecule has 0 N–H and O–H groups in total. The van der Waals surface area contributed by atoms with E-state index in [2.05, 4.69) is 72.5 Å². The molecular weight excluding hydrogens is 360 g/mol. The fraction of sp³-hybridized carbons (Fsp3) is 0.714. The predicted molar refractivity (Wildman–Crippen MR) is 86.3 cm³/mol. The van der Waals surface area contributed by atoms with Crippen LogP contribution in [0.5, 0.6) is 0 Å². The second kappa shape index (κ2) is 6.21. The molecule has 0 aromatic carbocycles. The van der Waals surface area contributed by atoms with Crippen molar-refractivity contribution in [2.45, 2.75) is 52.3 Å².